The smallest absolute Gasteiger partial charge is 0.231 e. The van der Waals surface area contributed by atoms with E-state index in [0.29, 0.717) is 16.0 Å². The zero-order valence-electron chi connectivity index (χ0n) is 17.1. The Balaban J connectivity index is 1.24. The molecule has 31 heavy (non-hydrogen) atoms. The summed E-state index contributed by atoms with van der Waals surface area (Å²) in [6.07, 6.45) is 5.87. The van der Waals surface area contributed by atoms with Gasteiger partial charge < -0.3 is 15.5 Å². The largest absolute Gasteiger partial charge is 0.353 e. The van der Waals surface area contributed by atoms with E-state index in [1.807, 2.05) is 30.3 Å². The highest BCUT2D eigenvalue weighted by molar-refractivity contribution is 8.01. The van der Waals surface area contributed by atoms with Crippen molar-refractivity contribution in [1.29, 1.82) is 0 Å². The van der Waals surface area contributed by atoms with Crippen LogP contribution >= 0.6 is 23.1 Å². The van der Waals surface area contributed by atoms with Gasteiger partial charge in [0.05, 0.1) is 11.7 Å². The SMILES string of the molecule is O=C(CSc1nnc(NC(=O)C2CC(=O)N(c3ccccc3)C2)s1)NC1CCCCC1. The number of carbonyl (C=O) groups excluding carboxylic acids is 3. The molecule has 4 rings (SSSR count). The van der Waals surface area contributed by atoms with Crippen LogP contribution in [0.1, 0.15) is 38.5 Å². The molecular weight excluding hydrogens is 434 g/mol. The van der Waals surface area contributed by atoms with Gasteiger partial charge in [0, 0.05) is 24.7 Å². The number of nitrogens with one attached hydrogen (secondary N) is 2. The Morgan fingerprint density at radius 3 is 2.68 bits per heavy atom. The van der Waals surface area contributed by atoms with E-state index in [-0.39, 0.29) is 35.9 Å². The molecule has 1 aliphatic carbocycles. The Kier molecular flexibility index (Phi) is 7.18. The van der Waals surface area contributed by atoms with E-state index in [2.05, 4.69) is 20.8 Å². The summed E-state index contributed by atoms with van der Waals surface area (Å²) in [5, 5.41) is 14.3. The predicted octanol–water partition coefficient (Wildman–Crippen LogP) is 3.07. The van der Waals surface area contributed by atoms with Gasteiger partial charge in [-0.1, -0.05) is 60.6 Å². The average molecular weight is 460 g/mol. The van der Waals surface area contributed by atoms with Gasteiger partial charge in [-0.2, -0.15) is 0 Å². The third-order valence-corrected chi connectivity index (χ3v) is 7.47. The van der Waals surface area contributed by atoms with Crippen molar-refractivity contribution in [3.63, 3.8) is 0 Å². The van der Waals surface area contributed by atoms with Crippen LogP contribution in [0.15, 0.2) is 34.7 Å². The first-order valence-corrected chi connectivity index (χ1v) is 12.3. The molecular formula is C21H25N5O3S2. The van der Waals surface area contributed by atoms with Gasteiger partial charge >= 0.3 is 0 Å². The highest BCUT2D eigenvalue weighted by Gasteiger charge is 2.35. The van der Waals surface area contributed by atoms with Gasteiger partial charge in [0.1, 0.15) is 0 Å². The molecule has 0 bridgehead atoms. The van der Waals surface area contributed by atoms with Crippen molar-refractivity contribution in [3.8, 4) is 0 Å². The molecule has 0 radical (unpaired) electrons. The van der Waals surface area contributed by atoms with Crippen LogP contribution in [0, 0.1) is 5.92 Å². The topological polar surface area (TPSA) is 104 Å². The van der Waals surface area contributed by atoms with Crippen molar-refractivity contribution in [1.82, 2.24) is 15.5 Å². The van der Waals surface area contributed by atoms with E-state index < -0.39 is 5.92 Å². The number of thioether (sulfide) groups is 1. The molecule has 3 amide bonds. The predicted molar refractivity (Wildman–Crippen MR) is 121 cm³/mol. The van der Waals surface area contributed by atoms with Gasteiger partial charge in [-0.15, -0.1) is 10.2 Å². The second-order valence-corrected chi connectivity index (χ2v) is 9.99. The molecule has 2 heterocycles. The number of rotatable bonds is 7. The van der Waals surface area contributed by atoms with Gasteiger partial charge in [-0.25, -0.2) is 0 Å². The number of para-hydroxylation sites is 1. The minimum Gasteiger partial charge on any atom is -0.353 e. The lowest BCUT2D eigenvalue weighted by Crippen LogP contribution is -2.37. The van der Waals surface area contributed by atoms with Crippen LogP contribution in [0.25, 0.3) is 0 Å². The maximum absolute atomic E-state index is 12.6. The van der Waals surface area contributed by atoms with Gasteiger partial charge in [-0.05, 0) is 25.0 Å². The first-order valence-electron chi connectivity index (χ1n) is 10.5. The molecule has 2 aliphatic rings. The molecule has 2 N–H and O–H groups in total. The highest BCUT2D eigenvalue weighted by Crippen LogP contribution is 2.28. The maximum Gasteiger partial charge on any atom is 0.231 e. The summed E-state index contributed by atoms with van der Waals surface area (Å²) in [4.78, 5) is 38.7. The third-order valence-electron chi connectivity index (χ3n) is 5.50. The average Bonchev–Trinajstić information content (AvgIpc) is 3.40. The molecule has 1 saturated carbocycles. The van der Waals surface area contributed by atoms with E-state index >= 15 is 0 Å². The van der Waals surface area contributed by atoms with Gasteiger partial charge in [0.2, 0.25) is 22.9 Å². The Bertz CT molecular complexity index is 930. The summed E-state index contributed by atoms with van der Waals surface area (Å²) in [6.45, 7) is 0.344. The number of nitrogens with zero attached hydrogens (tertiary/aromatic N) is 3. The van der Waals surface area contributed by atoms with Crippen molar-refractivity contribution in [2.45, 2.75) is 48.9 Å². The fourth-order valence-corrected chi connectivity index (χ4v) is 5.48. The first kappa shape index (κ1) is 21.8. The molecule has 1 aromatic carbocycles. The van der Waals surface area contributed by atoms with Crippen LogP contribution in [0.5, 0.6) is 0 Å². The van der Waals surface area contributed by atoms with Crippen LogP contribution < -0.4 is 15.5 Å². The monoisotopic (exact) mass is 459 g/mol. The van der Waals surface area contributed by atoms with E-state index in [1.54, 1.807) is 4.90 Å². The molecule has 1 atom stereocenters. The normalized spacial score (nSPS) is 19.4. The zero-order chi connectivity index (χ0) is 21.6. The molecule has 1 saturated heterocycles. The van der Waals surface area contributed by atoms with E-state index in [0.717, 1.165) is 18.5 Å². The van der Waals surface area contributed by atoms with Crippen molar-refractivity contribution in [3.05, 3.63) is 30.3 Å². The third kappa shape index (κ3) is 5.82. The fraction of sp³-hybridized carbons (Fsp3) is 0.476. The van der Waals surface area contributed by atoms with Crippen molar-refractivity contribution >= 4 is 51.6 Å². The van der Waals surface area contributed by atoms with E-state index in [9.17, 15) is 14.4 Å². The van der Waals surface area contributed by atoms with Gasteiger partial charge in [0.25, 0.3) is 0 Å². The summed E-state index contributed by atoms with van der Waals surface area (Å²) < 4.78 is 0.627. The highest BCUT2D eigenvalue weighted by atomic mass is 32.2. The van der Waals surface area contributed by atoms with E-state index in [1.165, 1.54) is 42.4 Å². The van der Waals surface area contributed by atoms with E-state index in [4.69, 9.17) is 0 Å². The molecule has 1 aliphatic heterocycles. The first-order chi connectivity index (χ1) is 15.1. The lowest BCUT2D eigenvalue weighted by atomic mass is 9.95. The number of benzene rings is 1. The Morgan fingerprint density at radius 2 is 1.90 bits per heavy atom. The van der Waals surface area contributed by atoms with Crippen LogP contribution in [0.4, 0.5) is 10.8 Å². The lowest BCUT2D eigenvalue weighted by molar-refractivity contribution is -0.122. The number of anilines is 2. The Labute approximate surface area is 189 Å². The Hall–Kier alpha value is -2.46. The van der Waals surface area contributed by atoms with Crippen molar-refractivity contribution < 1.29 is 14.4 Å². The fourth-order valence-electron chi connectivity index (χ4n) is 3.91. The van der Waals surface area contributed by atoms with Gasteiger partial charge in [0.15, 0.2) is 4.34 Å². The second kappa shape index (κ2) is 10.2. The molecule has 164 valence electrons. The zero-order valence-corrected chi connectivity index (χ0v) is 18.7. The Morgan fingerprint density at radius 1 is 1.13 bits per heavy atom. The number of aromatic nitrogens is 2. The van der Waals surface area contributed by atoms with Crippen LogP contribution in [-0.4, -0.2) is 46.3 Å². The second-order valence-electron chi connectivity index (χ2n) is 7.79. The maximum atomic E-state index is 12.6. The summed E-state index contributed by atoms with van der Waals surface area (Å²) >= 11 is 2.55. The van der Waals surface area contributed by atoms with Gasteiger partial charge in [-0.3, -0.25) is 14.4 Å². The quantitative estimate of drug-likeness (QED) is 0.487. The number of carbonyl (C=O) groups is 3. The molecule has 0 spiro atoms. The summed E-state index contributed by atoms with van der Waals surface area (Å²) in [7, 11) is 0. The van der Waals surface area contributed by atoms with Crippen molar-refractivity contribution in [2.75, 3.05) is 22.5 Å². The van der Waals surface area contributed by atoms with Crippen LogP contribution in [-0.2, 0) is 14.4 Å². The van der Waals surface area contributed by atoms with Crippen molar-refractivity contribution in [2.24, 2.45) is 5.92 Å². The molecule has 10 heteroatoms. The number of hydrogen-bond acceptors (Lipinski definition) is 7. The summed E-state index contributed by atoms with van der Waals surface area (Å²) in [5.74, 6) is -0.460. The molecule has 8 nitrogen and oxygen atoms in total. The van der Waals surface area contributed by atoms with Crippen LogP contribution in [0.3, 0.4) is 0 Å². The molecule has 1 aromatic heterocycles. The lowest BCUT2D eigenvalue weighted by Gasteiger charge is -2.22. The minimum absolute atomic E-state index is 0.00292. The van der Waals surface area contributed by atoms with Crippen LogP contribution in [0.2, 0.25) is 0 Å². The number of amides is 3. The summed E-state index contributed by atoms with van der Waals surface area (Å²) in [5.41, 5.74) is 0.795. The minimum atomic E-state index is -0.436. The summed E-state index contributed by atoms with van der Waals surface area (Å²) in [6, 6.07) is 9.63. The molecule has 2 fully saturated rings. The standard InChI is InChI=1S/C21H25N5O3S2/c27-17(22-15-7-3-1-4-8-15)13-30-21-25-24-20(31-21)23-19(29)14-11-18(28)26(12-14)16-9-5-2-6-10-16/h2,5-6,9-10,14-15H,1,3-4,7-8,11-13H2,(H,22,27)(H,23,24,29). The number of hydrogen-bond donors (Lipinski definition) is 2. The molecule has 1 unspecified atom stereocenters. The molecule has 2 aromatic rings.